The monoisotopic (exact) mass is 348 g/mol. The second-order valence-electron chi connectivity index (χ2n) is 7.30. The molecule has 26 heavy (non-hydrogen) atoms. The van der Waals surface area contributed by atoms with Gasteiger partial charge in [-0.1, -0.05) is 54.6 Å². The lowest BCUT2D eigenvalue weighted by atomic mass is 9.91. The first kappa shape index (κ1) is 16.8. The lowest BCUT2D eigenvalue weighted by Gasteiger charge is -2.37. The molecule has 1 aliphatic carbocycles. The highest BCUT2D eigenvalue weighted by Gasteiger charge is 2.41. The van der Waals surface area contributed by atoms with E-state index in [2.05, 4.69) is 11.4 Å². The summed E-state index contributed by atoms with van der Waals surface area (Å²) in [4.78, 5) is 27.8. The van der Waals surface area contributed by atoms with Gasteiger partial charge in [-0.15, -0.1) is 0 Å². The van der Waals surface area contributed by atoms with Crippen LogP contribution in [0, 0.1) is 5.92 Å². The van der Waals surface area contributed by atoms with Crippen LogP contribution in [0.4, 0.5) is 0 Å². The molecular formula is C22H24N2O2. The third-order valence-electron chi connectivity index (χ3n) is 5.40. The molecule has 0 radical (unpaired) electrons. The Hall–Kier alpha value is -2.62. The Morgan fingerprint density at radius 2 is 1.73 bits per heavy atom. The minimum absolute atomic E-state index is 0.0949. The van der Waals surface area contributed by atoms with Crippen LogP contribution < -0.4 is 5.32 Å². The van der Waals surface area contributed by atoms with Crippen molar-refractivity contribution >= 4 is 11.8 Å². The minimum atomic E-state index is -0.529. The molecular weight excluding hydrogens is 324 g/mol. The van der Waals surface area contributed by atoms with Crippen molar-refractivity contribution in [2.24, 2.45) is 5.92 Å². The number of carbonyl (C=O) groups is 2. The highest BCUT2D eigenvalue weighted by atomic mass is 16.2. The van der Waals surface area contributed by atoms with Gasteiger partial charge < -0.3 is 10.2 Å². The first-order chi connectivity index (χ1) is 12.6. The van der Waals surface area contributed by atoms with Crippen molar-refractivity contribution < 1.29 is 9.59 Å². The molecule has 1 saturated carbocycles. The van der Waals surface area contributed by atoms with E-state index in [0.29, 0.717) is 6.54 Å². The van der Waals surface area contributed by atoms with E-state index in [1.54, 1.807) is 4.90 Å². The maximum absolute atomic E-state index is 13.2. The first-order valence-corrected chi connectivity index (χ1v) is 9.39. The fourth-order valence-electron chi connectivity index (χ4n) is 3.77. The Labute approximate surface area is 154 Å². The van der Waals surface area contributed by atoms with Crippen molar-refractivity contribution in [2.45, 2.75) is 38.3 Å². The molecule has 1 fully saturated rings. The van der Waals surface area contributed by atoms with Crippen LogP contribution in [0.25, 0.3) is 0 Å². The molecule has 1 N–H and O–H groups in total. The van der Waals surface area contributed by atoms with Gasteiger partial charge in [-0.3, -0.25) is 9.59 Å². The number of hydrogen-bond donors (Lipinski definition) is 1. The summed E-state index contributed by atoms with van der Waals surface area (Å²) in [5, 5.41) is 3.12. The van der Waals surface area contributed by atoms with Crippen LogP contribution in [0.5, 0.6) is 0 Å². The molecule has 2 atom stereocenters. The van der Waals surface area contributed by atoms with Crippen molar-refractivity contribution in [3.05, 3.63) is 71.3 Å². The molecule has 0 unspecified atom stereocenters. The normalized spacial score (nSPS) is 20.2. The van der Waals surface area contributed by atoms with Crippen LogP contribution in [0.15, 0.2) is 54.6 Å². The van der Waals surface area contributed by atoms with Crippen molar-refractivity contribution in [2.75, 3.05) is 6.54 Å². The zero-order chi connectivity index (χ0) is 18.1. The Balaban J connectivity index is 1.61. The topological polar surface area (TPSA) is 49.4 Å². The molecule has 1 aliphatic heterocycles. The van der Waals surface area contributed by atoms with E-state index in [-0.39, 0.29) is 23.8 Å². The number of fused-ring (bicyclic) bond motifs is 1. The van der Waals surface area contributed by atoms with E-state index in [1.807, 2.05) is 55.5 Å². The molecule has 4 nitrogen and oxygen atoms in total. The predicted molar refractivity (Wildman–Crippen MR) is 100 cm³/mol. The van der Waals surface area contributed by atoms with E-state index in [1.165, 1.54) is 5.56 Å². The van der Waals surface area contributed by atoms with Crippen LogP contribution >= 0.6 is 0 Å². The molecule has 4 heteroatoms. The van der Waals surface area contributed by atoms with Gasteiger partial charge in [0.15, 0.2) is 0 Å². The van der Waals surface area contributed by atoms with Crippen LogP contribution in [0.1, 0.15) is 48.5 Å². The highest BCUT2D eigenvalue weighted by Crippen LogP contribution is 2.37. The van der Waals surface area contributed by atoms with Gasteiger partial charge >= 0.3 is 0 Å². The van der Waals surface area contributed by atoms with Crippen molar-refractivity contribution in [1.82, 2.24) is 10.2 Å². The fraction of sp³-hybridized carbons (Fsp3) is 0.364. The summed E-state index contributed by atoms with van der Waals surface area (Å²) < 4.78 is 0. The van der Waals surface area contributed by atoms with Crippen LogP contribution in [0.3, 0.4) is 0 Å². The molecule has 1 heterocycles. The summed E-state index contributed by atoms with van der Waals surface area (Å²) in [7, 11) is 0. The van der Waals surface area contributed by atoms with Gasteiger partial charge in [0.25, 0.3) is 0 Å². The summed E-state index contributed by atoms with van der Waals surface area (Å²) in [6.07, 6.45) is 2.71. The third-order valence-corrected chi connectivity index (χ3v) is 5.40. The first-order valence-electron chi connectivity index (χ1n) is 9.39. The van der Waals surface area contributed by atoms with Gasteiger partial charge in [0.05, 0.1) is 6.04 Å². The summed E-state index contributed by atoms with van der Waals surface area (Å²) in [6, 6.07) is 17.3. The average molecular weight is 348 g/mol. The van der Waals surface area contributed by atoms with E-state index >= 15 is 0 Å². The lowest BCUT2D eigenvalue weighted by molar-refractivity contribution is -0.142. The molecule has 0 spiro atoms. The molecule has 134 valence electrons. The van der Waals surface area contributed by atoms with Gasteiger partial charge in [0.1, 0.15) is 6.04 Å². The maximum Gasteiger partial charge on any atom is 0.247 e. The second kappa shape index (κ2) is 6.94. The van der Waals surface area contributed by atoms with E-state index in [0.717, 1.165) is 30.4 Å². The Kier molecular flexibility index (Phi) is 4.49. The van der Waals surface area contributed by atoms with Gasteiger partial charge in [-0.25, -0.2) is 0 Å². The number of nitrogens with zero attached hydrogens (tertiary/aromatic N) is 1. The third kappa shape index (κ3) is 3.24. The van der Waals surface area contributed by atoms with E-state index in [4.69, 9.17) is 0 Å². The zero-order valence-electron chi connectivity index (χ0n) is 15.0. The quantitative estimate of drug-likeness (QED) is 0.921. The number of benzene rings is 2. The highest BCUT2D eigenvalue weighted by molar-refractivity contribution is 5.91. The molecule has 4 rings (SSSR count). The largest absolute Gasteiger partial charge is 0.347 e. The molecule has 0 bridgehead atoms. The van der Waals surface area contributed by atoms with Crippen molar-refractivity contribution in [3.8, 4) is 0 Å². The second-order valence-corrected chi connectivity index (χ2v) is 7.30. The summed E-state index contributed by atoms with van der Waals surface area (Å²) >= 11 is 0. The molecule has 0 aromatic heterocycles. The number of rotatable bonds is 4. The summed E-state index contributed by atoms with van der Waals surface area (Å²) in [5.41, 5.74) is 3.19. The lowest BCUT2D eigenvalue weighted by Crippen LogP contribution is -2.48. The number of amides is 2. The maximum atomic E-state index is 13.2. The fourth-order valence-corrected chi connectivity index (χ4v) is 3.77. The SMILES string of the molecule is C[C@H](NC(=O)[C@@H]1c2ccccc2CCN1C(=O)C1CC1)c1ccccc1. The number of carbonyl (C=O) groups excluding carboxylic acids is 2. The molecule has 2 amide bonds. The van der Waals surface area contributed by atoms with Gasteiger partial charge in [-0.2, -0.15) is 0 Å². The Morgan fingerprint density at radius 3 is 2.46 bits per heavy atom. The molecule has 0 saturated heterocycles. The minimum Gasteiger partial charge on any atom is -0.347 e. The summed E-state index contributed by atoms with van der Waals surface area (Å²) in [5.74, 6) is 0.150. The zero-order valence-corrected chi connectivity index (χ0v) is 15.0. The Morgan fingerprint density at radius 1 is 1.04 bits per heavy atom. The van der Waals surface area contributed by atoms with Crippen LogP contribution in [-0.2, 0) is 16.0 Å². The number of hydrogen-bond acceptors (Lipinski definition) is 2. The smallest absolute Gasteiger partial charge is 0.247 e. The standard InChI is InChI=1S/C22H24N2O2/c1-15(16-7-3-2-4-8-16)23-21(25)20-19-10-6-5-9-17(19)13-14-24(20)22(26)18-11-12-18/h2-10,15,18,20H,11-14H2,1H3,(H,23,25)/t15-,20-/m0/s1. The van der Waals surface area contributed by atoms with Gasteiger partial charge in [0, 0.05) is 12.5 Å². The van der Waals surface area contributed by atoms with Crippen LogP contribution in [-0.4, -0.2) is 23.3 Å². The van der Waals surface area contributed by atoms with Crippen molar-refractivity contribution in [1.29, 1.82) is 0 Å². The van der Waals surface area contributed by atoms with E-state index in [9.17, 15) is 9.59 Å². The van der Waals surface area contributed by atoms with Crippen molar-refractivity contribution in [3.63, 3.8) is 0 Å². The van der Waals surface area contributed by atoms with Gasteiger partial charge in [0.2, 0.25) is 11.8 Å². The van der Waals surface area contributed by atoms with E-state index < -0.39 is 6.04 Å². The van der Waals surface area contributed by atoms with Crippen LogP contribution in [0.2, 0.25) is 0 Å². The average Bonchev–Trinajstić information content (AvgIpc) is 3.52. The predicted octanol–water partition coefficient (Wildman–Crippen LogP) is 3.40. The van der Waals surface area contributed by atoms with Gasteiger partial charge in [-0.05, 0) is 42.9 Å². The molecule has 2 aliphatic rings. The molecule has 2 aromatic carbocycles. The molecule has 2 aromatic rings. The summed E-state index contributed by atoms with van der Waals surface area (Å²) in [6.45, 7) is 2.60. The number of nitrogens with one attached hydrogen (secondary N) is 1. The Bertz CT molecular complexity index is 814.